The normalized spacial score (nSPS) is 8.48. The summed E-state index contributed by atoms with van der Waals surface area (Å²) in [7, 11) is -0.812. The van der Waals surface area contributed by atoms with E-state index in [0.29, 0.717) is 0 Å². The van der Waals surface area contributed by atoms with Gasteiger partial charge in [0.25, 0.3) is 0 Å². The van der Waals surface area contributed by atoms with E-state index in [1.54, 1.807) is 24.3 Å². The minimum Gasteiger partial charge on any atom is -0.504 e. The Morgan fingerprint density at radius 3 is 0.905 bits per heavy atom. The Bertz CT molecular complexity index is 423. The van der Waals surface area contributed by atoms with Crippen molar-refractivity contribution in [2.24, 2.45) is 0 Å². The van der Waals surface area contributed by atoms with Gasteiger partial charge in [-0.1, -0.05) is 24.3 Å². The highest BCUT2D eigenvalue weighted by atomic mass is 16.5. The van der Waals surface area contributed by atoms with E-state index in [9.17, 15) is 0 Å². The van der Waals surface area contributed by atoms with Crippen LogP contribution in [-0.4, -0.2) is 45.8 Å². The van der Waals surface area contributed by atoms with Gasteiger partial charge in [0, 0.05) is 0 Å². The SMILES string of the molecule is OBOBO.Oc1ccccc1O.Oc1ccccc1O. The zero-order valence-corrected chi connectivity index (χ0v) is 11.1. The molecule has 0 fully saturated rings. The van der Waals surface area contributed by atoms with Crippen LogP contribution in [0.5, 0.6) is 23.0 Å². The number of hydrogen-bond acceptors (Lipinski definition) is 7. The molecule has 0 aliphatic carbocycles. The molecule has 112 valence electrons. The lowest BCUT2D eigenvalue weighted by atomic mass is 10.3. The fourth-order valence-electron chi connectivity index (χ4n) is 0.969. The van der Waals surface area contributed by atoms with Gasteiger partial charge in [0.1, 0.15) is 0 Å². The number of hydrogen-bond donors (Lipinski definition) is 6. The second-order valence-corrected chi connectivity index (χ2v) is 3.44. The van der Waals surface area contributed by atoms with Crippen molar-refractivity contribution in [1.29, 1.82) is 0 Å². The molecule has 6 N–H and O–H groups in total. The van der Waals surface area contributed by atoms with E-state index in [4.69, 9.17) is 30.5 Å². The van der Waals surface area contributed by atoms with Crippen molar-refractivity contribution < 1.29 is 35.0 Å². The molecule has 9 heteroatoms. The third-order valence-electron chi connectivity index (χ3n) is 1.95. The molecule has 0 heterocycles. The number of aromatic hydroxyl groups is 4. The summed E-state index contributed by atoms with van der Waals surface area (Å²) in [4.78, 5) is 0. The van der Waals surface area contributed by atoms with E-state index in [-0.39, 0.29) is 23.0 Å². The summed E-state index contributed by atoms with van der Waals surface area (Å²) >= 11 is 0. The maximum absolute atomic E-state index is 8.67. The second kappa shape index (κ2) is 11.5. The lowest BCUT2D eigenvalue weighted by Gasteiger charge is -1.91. The number of phenols is 4. The topological polar surface area (TPSA) is 131 Å². The lowest BCUT2D eigenvalue weighted by molar-refractivity contribution is 0.404. The first-order valence-corrected chi connectivity index (χ1v) is 5.76. The van der Waals surface area contributed by atoms with Crippen LogP contribution in [0.4, 0.5) is 0 Å². The van der Waals surface area contributed by atoms with Crippen molar-refractivity contribution in [2.45, 2.75) is 0 Å². The number of phenolic OH excluding ortho intramolecular Hbond substituents is 4. The summed E-state index contributed by atoms with van der Waals surface area (Å²) in [6.45, 7) is 0. The molecule has 2 aromatic rings. The molecule has 0 saturated carbocycles. The van der Waals surface area contributed by atoms with Crippen LogP contribution in [0, 0.1) is 0 Å². The molecule has 0 bridgehead atoms. The van der Waals surface area contributed by atoms with Gasteiger partial charge in [-0.3, -0.25) is 0 Å². The monoisotopic (exact) mass is 294 g/mol. The Labute approximate surface area is 122 Å². The Morgan fingerprint density at radius 1 is 0.571 bits per heavy atom. The average Bonchev–Trinajstić information content (AvgIpc) is 2.48. The lowest BCUT2D eigenvalue weighted by Crippen LogP contribution is -2.00. The molecule has 0 amide bonds. The fourth-order valence-corrected chi connectivity index (χ4v) is 0.969. The number of benzene rings is 2. The molecule has 0 aliphatic heterocycles. The predicted molar refractivity (Wildman–Crippen MR) is 79.4 cm³/mol. The Balaban J connectivity index is 0.000000296. The van der Waals surface area contributed by atoms with Gasteiger partial charge in [-0.25, -0.2) is 0 Å². The summed E-state index contributed by atoms with van der Waals surface area (Å²) in [5.74, 6) is -0.306. The average molecular weight is 294 g/mol. The molecule has 7 nitrogen and oxygen atoms in total. The quantitative estimate of drug-likeness (QED) is 0.331. The first kappa shape index (κ1) is 18.6. The summed E-state index contributed by atoms with van der Waals surface area (Å²) in [6, 6.07) is 12.3. The molecule has 0 radical (unpaired) electrons. The van der Waals surface area contributed by atoms with Gasteiger partial charge in [-0.2, -0.15) is 0 Å². The summed E-state index contributed by atoms with van der Waals surface area (Å²) in [5.41, 5.74) is 0. The van der Waals surface area contributed by atoms with E-state index >= 15 is 0 Å². The standard InChI is InChI=1S/2C6H6O2.B2H4O3/c2*7-5-3-1-2-4-6(5)8;3-1-5-2-4/h2*1-4,7-8H;1-4H. The predicted octanol–water partition coefficient (Wildman–Crippen LogP) is -0.284. The highest BCUT2D eigenvalue weighted by Gasteiger charge is 1.91. The molecular formula is C12H16B2O7. The van der Waals surface area contributed by atoms with Crippen LogP contribution < -0.4 is 0 Å². The largest absolute Gasteiger partial charge is 0.504 e. The van der Waals surface area contributed by atoms with Crippen LogP contribution in [0.25, 0.3) is 0 Å². The number of rotatable bonds is 2. The van der Waals surface area contributed by atoms with Gasteiger partial charge in [-0.05, 0) is 24.3 Å². The Morgan fingerprint density at radius 2 is 0.810 bits per heavy atom. The molecule has 21 heavy (non-hydrogen) atoms. The molecule has 0 aromatic heterocycles. The zero-order valence-electron chi connectivity index (χ0n) is 11.1. The van der Waals surface area contributed by atoms with Crippen molar-refractivity contribution in [1.82, 2.24) is 0 Å². The maximum atomic E-state index is 8.67. The Hall–Kier alpha value is -2.35. The molecule has 0 unspecified atom stereocenters. The van der Waals surface area contributed by atoms with E-state index in [1.807, 2.05) is 0 Å². The van der Waals surface area contributed by atoms with E-state index < -0.39 is 15.4 Å². The molecule has 0 saturated heterocycles. The van der Waals surface area contributed by atoms with Crippen LogP contribution in [0.2, 0.25) is 0 Å². The van der Waals surface area contributed by atoms with Crippen molar-refractivity contribution >= 4 is 15.4 Å². The van der Waals surface area contributed by atoms with Crippen LogP contribution >= 0.6 is 0 Å². The fraction of sp³-hybridized carbons (Fsp3) is 0. The maximum Gasteiger partial charge on any atom is 0.421 e. The molecule has 0 aliphatic rings. The highest BCUT2D eigenvalue weighted by Crippen LogP contribution is 2.21. The van der Waals surface area contributed by atoms with Crippen molar-refractivity contribution in [3.8, 4) is 23.0 Å². The van der Waals surface area contributed by atoms with Gasteiger partial charge in [0.15, 0.2) is 23.0 Å². The summed E-state index contributed by atoms with van der Waals surface area (Å²) in [6.07, 6.45) is 0. The summed E-state index contributed by atoms with van der Waals surface area (Å²) in [5, 5.41) is 50.0. The van der Waals surface area contributed by atoms with Gasteiger partial charge >= 0.3 is 15.4 Å². The van der Waals surface area contributed by atoms with Gasteiger partial charge in [0.2, 0.25) is 0 Å². The minimum absolute atomic E-state index is 0.0764. The van der Waals surface area contributed by atoms with Gasteiger partial charge in [-0.15, -0.1) is 0 Å². The van der Waals surface area contributed by atoms with Gasteiger partial charge in [0.05, 0.1) is 0 Å². The van der Waals surface area contributed by atoms with Crippen LogP contribution in [-0.2, 0) is 4.57 Å². The van der Waals surface area contributed by atoms with Crippen LogP contribution in [0.3, 0.4) is 0 Å². The third-order valence-corrected chi connectivity index (χ3v) is 1.95. The van der Waals surface area contributed by atoms with E-state index in [0.717, 1.165) is 0 Å². The first-order chi connectivity index (χ1) is 10.0. The Kier molecular flexibility index (Phi) is 10.2. The molecule has 0 spiro atoms. The number of para-hydroxylation sites is 4. The smallest absolute Gasteiger partial charge is 0.421 e. The summed E-state index contributed by atoms with van der Waals surface area (Å²) < 4.78 is 3.94. The van der Waals surface area contributed by atoms with Crippen molar-refractivity contribution in [3.63, 3.8) is 0 Å². The third kappa shape index (κ3) is 9.22. The van der Waals surface area contributed by atoms with Crippen LogP contribution in [0.15, 0.2) is 48.5 Å². The van der Waals surface area contributed by atoms with Crippen molar-refractivity contribution in [2.75, 3.05) is 0 Å². The molecule has 2 rings (SSSR count). The van der Waals surface area contributed by atoms with E-state index in [2.05, 4.69) is 4.57 Å². The molecular weight excluding hydrogens is 278 g/mol. The second-order valence-electron chi connectivity index (χ2n) is 3.44. The van der Waals surface area contributed by atoms with Crippen LogP contribution in [0.1, 0.15) is 0 Å². The van der Waals surface area contributed by atoms with Gasteiger partial charge < -0.3 is 35.0 Å². The highest BCUT2D eigenvalue weighted by molar-refractivity contribution is 6.32. The zero-order chi connectivity index (χ0) is 16.1. The molecule has 2 aromatic carbocycles. The van der Waals surface area contributed by atoms with E-state index in [1.165, 1.54) is 24.3 Å². The minimum atomic E-state index is -0.406. The van der Waals surface area contributed by atoms with Crippen molar-refractivity contribution in [3.05, 3.63) is 48.5 Å². The first-order valence-electron chi connectivity index (χ1n) is 5.76. The molecule has 0 atom stereocenters.